The van der Waals surface area contributed by atoms with E-state index in [1.165, 1.54) is 0 Å². The summed E-state index contributed by atoms with van der Waals surface area (Å²) in [5.74, 6) is -0.331. The SMILES string of the molecule is CCCCC1(CC)CS(=O)(=O)c2ccccc2[C@@H](c2ccc(I)cc2)C1O. The lowest BCUT2D eigenvalue weighted by Gasteiger charge is -2.39. The predicted octanol–water partition coefficient (Wildman–Crippen LogP) is 5.16. The van der Waals surface area contributed by atoms with E-state index in [0.717, 1.165) is 34.0 Å². The maximum absolute atomic E-state index is 13.3. The Bertz CT molecular complexity index is 892. The Morgan fingerprint density at radius 2 is 1.78 bits per heavy atom. The second kappa shape index (κ2) is 8.21. The van der Waals surface area contributed by atoms with E-state index in [0.29, 0.717) is 11.3 Å². The topological polar surface area (TPSA) is 54.4 Å². The minimum Gasteiger partial charge on any atom is -0.392 e. The smallest absolute Gasteiger partial charge is 0.179 e. The summed E-state index contributed by atoms with van der Waals surface area (Å²) in [6.45, 7) is 4.11. The van der Waals surface area contributed by atoms with Crippen LogP contribution in [0.15, 0.2) is 53.4 Å². The van der Waals surface area contributed by atoms with Crippen LogP contribution < -0.4 is 0 Å². The van der Waals surface area contributed by atoms with Crippen LogP contribution in [0.1, 0.15) is 56.6 Å². The molecule has 27 heavy (non-hydrogen) atoms. The summed E-state index contributed by atoms with van der Waals surface area (Å²) < 4.78 is 27.7. The third kappa shape index (κ3) is 3.96. The number of hydrogen-bond donors (Lipinski definition) is 1. The second-order valence-corrected chi connectivity index (χ2v) is 10.8. The van der Waals surface area contributed by atoms with Crippen molar-refractivity contribution in [2.45, 2.75) is 56.4 Å². The number of fused-ring (bicyclic) bond motifs is 1. The van der Waals surface area contributed by atoms with Crippen molar-refractivity contribution in [3.05, 3.63) is 63.2 Å². The summed E-state index contributed by atoms with van der Waals surface area (Å²) in [6, 6.07) is 15.3. The summed E-state index contributed by atoms with van der Waals surface area (Å²) >= 11 is 2.26. The Balaban J connectivity index is 2.25. The molecule has 3 atom stereocenters. The van der Waals surface area contributed by atoms with Crippen LogP contribution >= 0.6 is 22.6 Å². The average Bonchev–Trinajstić information content (AvgIpc) is 2.73. The van der Waals surface area contributed by atoms with E-state index < -0.39 is 21.4 Å². The Hall–Kier alpha value is -0.920. The molecular formula is C22H27IO3S. The molecule has 2 aromatic carbocycles. The molecule has 0 saturated heterocycles. The highest BCUT2D eigenvalue weighted by Crippen LogP contribution is 2.48. The van der Waals surface area contributed by atoms with E-state index in [1.807, 2.05) is 43.3 Å². The molecule has 2 unspecified atom stereocenters. The number of rotatable bonds is 5. The normalized spacial score (nSPS) is 27.0. The van der Waals surface area contributed by atoms with Gasteiger partial charge in [-0.1, -0.05) is 57.0 Å². The highest BCUT2D eigenvalue weighted by atomic mass is 127. The molecule has 2 aromatic rings. The molecule has 1 N–H and O–H groups in total. The van der Waals surface area contributed by atoms with Crippen molar-refractivity contribution < 1.29 is 13.5 Å². The molecule has 1 heterocycles. The molecule has 0 aromatic heterocycles. The second-order valence-electron chi connectivity index (χ2n) is 7.59. The van der Waals surface area contributed by atoms with Crippen LogP contribution in [0.2, 0.25) is 0 Å². The number of hydrogen-bond acceptors (Lipinski definition) is 3. The summed E-state index contributed by atoms with van der Waals surface area (Å²) in [6.07, 6.45) is 2.51. The van der Waals surface area contributed by atoms with Crippen molar-refractivity contribution in [1.82, 2.24) is 0 Å². The standard InChI is InChI=1S/C22H27IO3S/c1-3-5-14-22(4-2)15-27(25,26)19-9-7-6-8-18(19)20(21(22)24)16-10-12-17(23)13-11-16/h6-13,20-21,24H,3-5,14-15H2,1-2H3/t20-,21?,22?/m1/s1. The molecule has 0 aliphatic carbocycles. The third-order valence-electron chi connectivity index (χ3n) is 5.97. The molecular weight excluding hydrogens is 471 g/mol. The summed E-state index contributed by atoms with van der Waals surface area (Å²) in [7, 11) is -3.47. The number of benzene rings is 2. The van der Waals surface area contributed by atoms with Crippen LogP contribution in [0.25, 0.3) is 0 Å². The van der Waals surface area contributed by atoms with E-state index in [1.54, 1.807) is 12.1 Å². The van der Waals surface area contributed by atoms with Crippen molar-refractivity contribution in [2.75, 3.05) is 5.75 Å². The zero-order chi connectivity index (χ0) is 19.7. The zero-order valence-corrected chi connectivity index (χ0v) is 18.8. The largest absolute Gasteiger partial charge is 0.392 e. The van der Waals surface area contributed by atoms with Crippen LogP contribution in [-0.2, 0) is 9.84 Å². The zero-order valence-electron chi connectivity index (χ0n) is 15.9. The Morgan fingerprint density at radius 1 is 1.11 bits per heavy atom. The Morgan fingerprint density at radius 3 is 2.41 bits per heavy atom. The first-order valence-electron chi connectivity index (χ1n) is 9.60. The fourth-order valence-corrected chi connectivity index (χ4v) is 6.99. The molecule has 0 amide bonds. The molecule has 0 spiro atoms. The molecule has 5 heteroatoms. The lowest BCUT2D eigenvalue weighted by atomic mass is 9.69. The van der Waals surface area contributed by atoms with Gasteiger partial charge in [0, 0.05) is 14.9 Å². The maximum atomic E-state index is 13.3. The average molecular weight is 498 g/mol. The van der Waals surface area contributed by atoms with Gasteiger partial charge < -0.3 is 5.11 Å². The lowest BCUT2D eigenvalue weighted by Crippen LogP contribution is -2.42. The fourth-order valence-electron chi connectivity index (χ4n) is 4.35. The minimum atomic E-state index is -3.47. The molecule has 0 saturated carbocycles. The van der Waals surface area contributed by atoms with Crippen LogP contribution in [0.5, 0.6) is 0 Å². The van der Waals surface area contributed by atoms with Gasteiger partial charge in [0.05, 0.1) is 16.8 Å². The summed E-state index contributed by atoms with van der Waals surface area (Å²) in [5.41, 5.74) is 1.06. The lowest BCUT2D eigenvalue weighted by molar-refractivity contribution is 0.0174. The van der Waals surface area contributed by atoms with Crippen LogP contribution in [-0.4, -0.2) is 25.4 Å². The van der Waals surface area contributed by atoms with Gasteiger partial charge in [-0.05, 0) is 64.8 Å². The van der Waals surface area contributed by atoms with Gasteiger partial charge in [-0.25, -0.2) is 8.42 Å². The van der Waals surface area contributed by atoms with Crippen LogP contribution in [0.3, 0.4) is 0 Å². The van der Waals surface area contributed by atoms with Gasteiger partial charge in [0.15, 0.2) is 9.84 Å². The van der Waals surface area contributed by atoms with Gasteiger partial charge in [-0.15, -0.1) is 0 Å². The monoisotopic (exact) mass is 498 g/mol. The molecule has 0 fully saturated rings. The van der Waals surface area contributed by atoms with E-state index in [2.05, 4.69) is 29.5 Å². The van der Waals surface area contributed by atoms with Gasteiger partial charge in [0.1, 0.15) is 0 Å². The van der Waals surface area contributed by atoms with Gasteiger partial charge in [0.2, 0.25) is 0 Å². The van der Waals surface area contributed by atoms with E-state index in [9.17, 15) is 13.5 Å². The minimum absolute atomic E-state index is 0.00947. The summed E-state index contributed by atoms with van der Waals surface area (Å²) in [4.78, 5) is 0.374. The van der Waals surface area contributed by atoms with Crippen molar-refractivity contribution in [1.29, 1.82) is 0 Å². The predicted molar refractivity (Wildman–Crippen MR) is 118 cm³/mol. The first-order valence-corrected chi connectivity index (χ1v) is 12.3. The van der Waals surface area contributed by atoms with E-state index in [4.69, 9.17) is 0 Å². The first-order chi connectivity index (χ1) is 12.8. The van der Waals surface area contributed by atoms with Crippen molar-refractivity contribution in [3.63, 3.8) is 0 Å². The van der Waals surface area contributed by atoms with Crippen molar-refractivity contribution in [3.8, 4) is 0 Å². The number of sulfone groups is 1. The van der Waals surface area contributed by atoms with Crippen LogP contribution in [0.4, 0.5) is 0 Å². The summed E-state index contributed by atoms with van der Waals surface area (Å²) in [5, 5.41) is 11.6. The van der Waals surface area contributed by atoms with Gasteiger partial charge in [-0.2, -0.15) is 0 Å². The Labute approximate surface area is 176 Å². The molecule has 0 radical (unpaired) electrons. The quantitative estimate of drug-likeness (QED) is 0.580. The number of aliphatic hydroxyl groups excluding tert-OH is 1. The van der Waals surface area contributed by atoms with E-state index >= 15 is 0 Å². The van der Waals surface area contributed by atoms with Gasteiger partial charge in [-0.3, -0.25) is 0 Å². The van der Waals surface area contributed by atoms with E-state index in [-0.39, 0.29) is 11.7 Å². The molecule has 1 aliphatic rings. The fraction of sp³-hybridized carbons (Fsp3) is 0.455. The number of unbranched alkanes of at least 4 members (excludes halogenated alkanes) is 1. The van der Waals surface area contributed by atoms with Crippen molar-refractivity contribution >= 4 is 32.4 Å². The highest BCUT2D eigenvalue weighted by molar-refractivity contribution is 14.1. The van der Waals surface area contributed by atoms with Crippen LogP contribution in [0, 0.1) is 8.99 Å². The molecule has 3 nitrogen and oxygen atoms in total. The molecule has 3 rings (SSSR count). The first kappa shape index (κ1) is 20.8. The Kier molecular flexibility index (Phi) is 6.33. The maximum Gasteiger partial charge on any atom is 0.179 e. The number of halogens is 1. The number of aliphatic hydroxyl groups is 1. The van der Waals surface area contributed by atoms with Crippen molar-refractivity contribution in [2.24, 2.45) is 5.41 Å². The molecule has 146 valence electrons. The van der Waals surface area contributed by atoms with Gasteiger partial charge >= 0.3 is 0 Å². The highest BCUT2D eigenvalue weighted by Gasteiger charge is 2.48. The van der Waals surface area contributed by atoms with Gasteiger partial charge in [0.25, 0.3) is 0 Å². The molecule has 1 aliphatic heterocycles. The third-order valence-corrected chi connectivity index (χ3v) is 8.69. The molecule has 0 bridgehead atoms.